The third kappa shape index (κ3) is 3.83. The highest BCUT2D eigenvalue weighted by atomic mass is 32.2. The summed E-state index contributed by atoms with van der Waals surface area (Å²) >= 11 is 0. The molecule has 2 aromatic rings. The number of nitrogens with zero attached hydrogens (tertiary/aromatic N) is 1. The maximum Gasteiger partial charge on any atom is 0.416 e. The average molecular weight is 330 g/mol. The lowest BCUT2D eigenvalue weighted by Gasteiger charge is -2.15. The Kier molecular flexibility index (Phi) is 4.52. The van der Waals surface area contributed by atoms with Gasteiger partial charge in [0.05, 0.1) is 10.5 Å². The van der Waals surface area contributed by atoms with Crippen LogP contribution in [0.25, 0.3) is 0 Å². The van der Waals surface area contributed by atoms with Crippen LogP contribution in [0, 0.1) is 0 Å². The highest BCUT2D eigenvalue weighted by Crippen LogP contribution is 2.29. The maximum absolute atomic E-state index is 12.5. The van der Waals surface area contributed by atoms with Crippen molar-refractivity contribution in [3.63, 3.8) is 0 Å². The number of sulfonamides is 1. The minimum Gasteiger partial charge on any atom is -0.265 e. The van der Waals surface area contributed by atoms with Crippen LogP contribution in [0.15, 0.2) is 53.7 Å². The molecule has 0 aliphatic heterocycles. The van der Waals surface area contributed by atoms with Gasteiger partial charge in [-0.3, -0.25) is 4.98 Å². The molecule has 0 bridgehead atoms. The topological polar surface area (TPSA) is 59.1 Å². The molecular formula is C14H13F3N2O2S. The Balaban J connectivity index is 2.20. The summed E-state index contributed by atoms with van der Waals surface area (Å²) in [5, 5.41) is 0. The van der Waals surface area contributed by atoms with Gasteiger partial charge >= 0.3 is 6.18 Å². The molecule has 22 heavy (non-hydrogen) atoms. The van der Waals surface area contributed by atoms with E-state index < -0.39 is 27.8 Å². The molecule has 0 amide bonds. The Hall–Kier alpha value is -1.93. The van der Waals surface area contributed by atoms with E-state index in [4.69, 9.17) is 0 Å². The third-order valence-corrected chi connectivity index (χ3v) is 4.59. The normalized spacial score (nSPS) is 13.8. The van der Waals surface area contributed by atoms with Crippen LogP contribution < -0.4 is 4.72 Å². The van der Waals surface area contributed by atoms with E-state index in [-0.39, 0.29) is 4.90 Å². The molecule has 118 valence electrons. The van der Waals surface area contributed by atoms with Crippen LogP contribution in [0.3, 0.4) is 0 Å². The van der Waals surface area contributed by atoms with Crippen molar-refractivity contribution in [2.75, 3.05) is 0 Å². The molecule has 0 aliphatic rings. The highest BCUT2D eigenvalue weighted by molar-refractivity contribution is 7.89. The molecule has 0 fully saturated rings. The Morgan fingerprint density at radius 1 is 1.05 bits per heavy atom. The number of aromatic nitrogens is 1. The van der Waals surface area contributed by atoms with Crippen molar-refractivity contribution in [1.82, 2.24) is 9.71 Å². The van der Waals surface area contributed by atoms with E-state index in [2.05, 4.69) is 9.71 Å². The fourth-order valence-corrected chi connectivity index (χ4v) is 3.08. The van der Waals surface area contributed by atoms with Crippen molar-refractivity contribution in [1.29, 1.82) is 0 Å². The third-order valence-electron chi connectivity index (χ3n) is 3.03. The van der Waals surface area contributed by atoms with E-state index >= 15 is 0 Å². The van der Waals surface area contributed by atoms with Crippen molar-refractivity contribution < 1.29 is 21.6 Å². The first-order valence-electron chi connectivity index (χ1n) is 6.30. The van der Waals surface area contributed by atoms with Gasteiger partial charge in [-0.05, 0) is 48.9 Å². The van der Waals surface area contributed by atoms with Crippen molar-refractivity contribution in [2.24, 2.45) is 0 Å². The van der Waals surface area contributed by atoms with Gasteiger partial charge in [-0.1, -0.05) is 0 Å². The molecule has 1 heterocycles. The summed E-state index contributed by atoms with van der Waals surface area (Å²) in [7, 11) is -3.91. The Bertz CT molecular complexity index is 729. The van der Waals surface area contributed by atoms with Gasteiger partial charge in [0.2, 0.25) is 10.0 Å². The smallest absolute Gasteiger partial charge is 0.265 e. The lowest BCUT2D eigenvalue weighted by molar-refractivity contribution is -0.137. The first-order chi connectivity index (χ1) is 10.2. The number of pyridine rings is 1. The molecular weight excluding hydrogens is 317 g/mol. The monoisotopic (exact) mass is 330 g/mol. The van der Waals surface area contributed by atoms with Crippen LogP contribution >= 0.6 is 0 Å². The van der Waals surface area contributed by atoms with Gasteiger partial charge in [0, 0.05) is 18.4 Å². The maximum atomic E-state index is 12.5. The summed E-state index contributed by atoms with van der Waals surface area (Å²) < 4.78 is 64.2. The summed E-state index contributed by atoms with van der Waals surface area (Å²) in [5.41, 5.74) is -0.195. The largest absolute Gasteiger partial charge is 0.416 e. The lowest BCUT2D eigenvalue weighted by atomic mass is 10.1. The molecule has 2 rings (SSSR count). The first-order valence-corrected chi connectivity index (χ1v) is 7.78. The van der Waals surface area contributed by atoms with Crippen LogP contribution in [-0.4, -0.2) is 13.4 Å². The number of rotatable bonds is 4. The molecule has 1 unspecified atom stereocenters. The van der Waals surface area contributed by atoms with Crippen LogP contribution in [0.2, 0.25) is 0 Å². The second kappa shape index (κ2) is 6.05. The molecule has 8 heteroatoms. The van der Waals surface area contributed by atoms with Gasteiger partial charge < -0.3 is 0 Å². The van der Waals surface area contributed by atoms with Crippen molar-refractivity contribution in [3.05, 3.63) is 59.9 Å². The molecule has 1 N–H and O–H groups in total. The van der Waals surface area contributed by atoms with Crippen molar-refractivity contribution in [3.8, 4) is 0 Å². The first kappa shape index (κ1) is 16.4. The predicted molar refractivity (Wildman–Crippen MR) is 74.4 cm³/mol. The minimum absolute atomic E-state index is 0.221. The standard InChI is InChI=1S/C14H13F3N2O2S/c1-10(11-6-8-18-9-7-11)19-22(20,21)13-4-2-12(3-5-13)14(15,16)17/h2-10,19H,1H3. The number of halogens is 3. The SMILES string of the molecule is CC(NS(=O)(=O)c1ccc(C(F)(F)F)cc1)c1ccncc1. The molecule has 0 saturated heterocycles. The van der Waals surface area contributed by atoms with Gasteiger partial charge in [-0.2, -0.15) is 13.2 Å². The van der Waals surface area contributed by atoms with E-state index in [0.29, 0.717) is 5.56 Å². The minimum atomic E-state index is -4.50. The summed E-state index contributed by atoms with van der Waals surface area (Å²) in [6.45, 7) is 1.64. The Labute approximate surface area is 126 Å². The summed E-state index contributed by atoms with van der Waals surface area (Å²) in [4.78, 5) is 3.61. The van der Waals surface area contributed by atoms with E-state index in [0.717, 1.165) is 24.3 Å². The second-order valence-electron chi connectivity index (χ2n) is 4.65. The van der Waals surface area contributed by atoms with E-state index in [9.17, 15) is 21.6 Å². The van der Waals surface area contributed by atoms with Crippen molar-refractivity contribution in [2.45, 2.75) is 24.0 Å². The summed E-state index contributed by atoms with van der Waals surface area (Å²) in [6.07, 6.45) is -1.45. The van der Waals surface area contributed by atoms with Crippen molar-refractivity contribution >= 4 is 10.0 Å². The predicted octanol–water partition coefficient (Wildman–Crippen LogP) is 3.14. The van der Waals surface area contributed by atoms with Gasteiger partial charge in [-0.25, -0.2) is 13.1 Å². The van der Waals surface area contributed by atoms with Crippen LogP contribution in [0.4, 0.5) is 13.2 Å². The van der Waals surface area contributed by atoms with E-state index in [1.165, 1.54) is 12.4 Å². The van der Waals surface area contributed by atoms with E-state index in [1.54, 1.807) is 19.1 Å². The number of nitrogens with one attached hydrogen (secondary N) is 1. The van der Waals surface area contributed by atoms with Gasteiger partial charge in [0.15, 0.2) is 0 Å². The summed E-state index contributed by atoms with van der Waals surface area (Å²) in [5.74, 6) is 0. The van der Waals surface area contributed by atoms with Gasteiger partial charge in [-0.15, -0.1) is 0 Å². The fourth-order valence-electron chi connectivity index (χ4n) is 1.84. The average Bonchev–Trinajstić information content (AvgIpc) is 2.47. The summed E-state index contributed by atoms with van der Waals surface area (Å²) in [6, 6.07) is 6.13. The molecule has 1 aromatic carbocycles. The lowest BCUT2D eigenvalue weighted by Crippen LogP contribution is -2.27. The molecule has 1 aromatic heterocycles. The Morgan fingerprint density at radius 2 is 1.59 bits per heavy atom. The van der Waals surface area contributed by atoms with Crippen LogP contribution in [-0.2, 0) is 16.2 Å². The van der Waals surface area contributed by atoms with E-state index in [1.807, 2.05) is 0 Å². The van der Waals surface area contributed by atoms with Gasteiger partial charge in [0.25, 0.3) is 0 Å². The fraction of sp³-hybridized carbons (Fsp3) is 0.214. The number of benzene rings is 1. The zero-order valence-electron chi connectivity index (χ0n) is 11.5. The van der Waals surface area contributed by atoms with Gasteiger partial charge in [0.1, 0.15) is 0 Å². The molecule has 0 aliphatic carbocycles. The zero-order chi connectivity index (χ0) is 16.4. The van der Waals surface area contributed by atoms with Crippen LogP contribution in [0.5, 0.6) is 0 Å². The highest BCUT2D eigenvalue weighted by Gasteiger charge is 2.30. The molecule has 0 spiro atoms. The van der Waals surface area contributed by atoms with Crippen LogP contribution in [0.1, 0.15) is 24.1 Å². The molecule has 0 saturated carbocycles. The zero-order valence-corrected chi connectivity index (χ0v) is 12.3. The molecule has 0 radical (unpaired) electrons. The number of hydrogen-bond acceptors (Lipinski definition) is 3. The molecule has 1 atom stereocenters. The Morgan fingerprint density at radius 3 is 2.09 bits per heavy atom. The number of hydrogen-bond donors (Lipinski definition) is 1. The number of alkyl halides is 3. The molecule has 4 nitrogen and oxygen atoms in total. The quantitative estimate of drug-likeness (QED) is 0.937. The second-order valence-corrected chi connectivity index (χ2v) is 6.36.